The van der Waals surface area contributed by atoms with Crippen molar-refractivity contribution >= 4 is 45.3 Å². The molecule has 0 bridgehead atoms. The van der Waals surface area contributed by atoms with Gasteiger partial charge in [0, 0.05) is 11.4 Å². The van der Waals surface area contributed by atoms with E-state index in [0.29, 0.717) is 11.3 Å². The van der Waals surface area contributed by atoms with E-state index in [4.69, 9.17) is 10.00 Å². The van der Waals surface area contributed by atoms with Gasteiger partial charge in [0.1, 0.15) is 18.8 Å². The molecular formula is C44H35N7O3. The van der Waals surface area contributed by atoms with Gasteiger partial charge in [-0.3, -0.25) is 9.59 Å². The monoisotopic (exact) mass is 709 g/mol. The van der Waals surface area contributed by atoms with Gasteiger partial charge in [0.2, 0.25) is 11.8 Å². The standard InChI is InChI=1S/C22H16N4O.C22H19N3O2/c23-13-16-5-3-6-17(11-16)18-7-4-8-19(12-18)25-22(27)14-26-15-24-20-9-1-2-10-21(20)26;1-27-19-11-9-16(10-12-19)17-5-4-6-18(13-17)24-22(26)14-25-15-23-20-7-2-3-8-21(20)25/h1-12,15H,14H2,(H,25,27);2-13,15H,14H2,1H3,(H,24,26). The molecule has 264 valence electrons. The molecule has 2 aromatic heterocycles. The minimum absolute atomic E-state index is 0.0926. The second kappa shape index (κ2) is 16.2. The number of benzene rings is 6. The van der Waals surface area contributed by atoms with Crippen molar-refractivity contribution in [2.75, 3.05) is 17.7 Å². The van der Waals surface area contributed by atoms with Gasteiger partial charge in [-0.2, -0.15) is 5.26 Å². The lowest BCUT2D eigenvalue weighted by Crippen LogP contribution is -2.18. The molecule has 0 spiro atoms. The van der Waals surface area contributed by atoms with Gasteiger partial charge in [-0.1, -0.05) is 72.8 Å². The number of rotatable bonds is 9. The molecule has 0 saturated heterocycles. The molecule has 10 nitrogen and oxygen atoms in total. The third kappa shape index (κ3) is 8.33. The molecule has 0 fully saturated rings. The van der Waals surface area contributed by atoms with E-state index < -0.39 is 0 Å². The number of hydrogen-bond acceptors (Lipinski definition) is 6. The molecule has 0 unspecified atom stereocenters. The molecular weight excluding hydrogens is 675 g/mol. The van der Waals surface area contributed by atoms with Gasteiger partial charge in [0.05, 0.1) is 53.5 Å². The van der Waals surface area contributed by atoms with Gasteiger partial charge >= 0.3 is 0 Å². The molecule has 0 aliphatic rings. The molecule has 0 aliphatic heterocycles. The van der Waals surface area contributed by atoms with E-state index in [2.05, 4.69) is 26.7 Å². The Morgan fingerprint density at radius 1 is 0.593 bits per heavy atom. The summed E-state index contributed by atoms with van der Waals surface area (Å²) in [5.41, 5.74) is 9.67. The second-order valence-electron chi connectivity index (χ2n) is 12.4. The minimum atomic E-state index is -0.124. The number of aromatic nitrogens is 4. The van der Waals surface area contributed by atoms with Crippen molar-refractivity contribution in [1.82, 2.24) is 19.1 Å². The zero-order chi connectivity index (χ0) is 37.3. The van der Waals surface area contributed by atoms with E-state index in [1.165, 1.54) is 0 Å². The molecule has 2 heterocycles. The maximum Gasteiger partial charge on any atom is 0.244 e. The van der Waals surface area contributed by atoms with E-state index in [1.807, 2.05) is 149 Å². The number of imidazole rings is 2. The van der Waals surface area contributed by atoms with Crippen LogP contribution < -0.4 is 15.4 Å². The van der Waals surface area contributed by atoms with Gasteiger partial charge in [-0.05, 0) is 95.1 Å². The fraction of sp³-hybridized carbons (Fsp3) is 0.0682. The highest BCUT2D eigenvalue weighted by molar-refractivity contribution is 5.93. The average Bonchev–Trinajstić information content (AvgIpc) is 3.82. The molecule has 8 rings (SSSR count). The Kier molecular flexibility index (Phi) is 10.5. The summed E-state index contributed by atoms with van der Waals surface area (Å²) in [5, 5.41) is 15.0. The zero-order valence-corrected chi connectivity index (χ0v) is 29.4. The molecule has 0 radical (unpaired) electrons. The number of nitrogens with one attached hydrogen (secondary N) is 2. The number of amides is 2. The predicted molar refractivity (Wildman–Crippen MR) is 212 cm³/mol. The topological polar surface area (TPSA) is 127 Å². The first-order valence-corrected chi connectivity index (χ1v) is 17.2. The number of carbonyl (C=O) groups is 2. The van der Waals surface area contributed by atoms with Crippen LogP contribution in [0.5, 0.6) is 5.75 Å². The van der Waals surface area contributed by atoms with Crippen LogP contribution in [0.4, 0.5) is 11.4 Å². The third-order valence-electron chi connectivity index (χ3n) is 8.72. The summed E-state index contributed by atoms with van der Waals surface area (Å²) in [7, 11) is 1.65. The van der Waals surface area contributed by atoms with Crippen molar-refractivity contribution in [1.29, 1.82) is 5.26 Å². The van der Waals surface area contributed by atoms with Gasteiger partial charge in [-0.15, -0.1) is 0 Å². The molecule has 0 aliphatic carbocycles. The molecule has 2 amide bonds. The van der Waals surface area contributed by atoms with Crippen LogP contribution >= 0.6 is 0 Å². The first-order valence-electron chi connectivity index (χ1n) is 17.2. The van der Waals surface area contributed by atoms with E-state index in [9.17, 15) is 9.59 Å². The van der Waals surface area contributed by atoms with Crippen molar-refractivity contribution < 1.29 is 14.3 Å². The first-order chi connectivity index (χ1) is 26.4. The summed E-state index contributed by atoms with van der Waals surface area (Å²) in [4.78, 5) is 33.6. The van der Waals surface area contributed by atoms with Gasteiger partial charge < -0.3 is 24.5 Å². The number of methoxy groups -OCH3 is 1. The molecule has 6 aromatic carbocycles. The molecule has 0 atom stereocenters. The number of fused-ring (bicyclic) bond motifs is 2. The SMILES string of the molecule is COc1ccc(-c2cccc(NC(=O)Cn3cnc4ccccc43)c2)cc1.N#Cc1cccc(-c2cccc(NC(=O)Cn3cnc4ccccc43)c2)c1. The van der Waals surface area contributed by atoms with Crippen LogP contribution in [0, 0.1) is 11.3 Å². The van der Waals surface area contributed by atoms with E-state index >= 15 is 0 Å². The summed E-state index contributed by atoms with van der Waals surface area (Å²) < 4.78 is 8.87. The quantitative estimate of drug-likeness (QED) is 0.155. The Bertz CT molecular complexity index is 2620. The maximum absolute atomic E-state index is 12.5. The van der Waals surface area contributed by atoms with Crippen LogP contribution in [-0.2, 0) is 22.7 Å². The van der Waals surface area contributed by atoms with Crippen LogP contribution in [0.1, 0.15) is 5.56 Å². The fourth-order valence-electron chi connectivity index (χ4n) is 6.09. The smallest absolute Gasteiger partial charge is 0.244 e. The van der Waals surface area contributed by atoms with Crippen molar-refractivity contribution in [3.8, 4) is 34.1 Å². The summed E-state index contributed by atoms with van der Waals surface area (Å²) >= 11 is 0. The van der Waals surface area contributed by atoms with Crippen LogP contribution in [0.3, 0.4) is 0 Å². The summed E-state index contributed by atoms with van der Waals surface area (Å²) in [6.07, 6.45) is 3.37. The Morgan fingerprint density at radius 2 is 1.07 bits per heavy atom. The molecule has 0 saturated carbocycles. The summed E-state index contributed by atoms with van der Waals surface area (Å²) in [6, 6.07) is 48.2. The Hall–Kier alpha value is -7.51. The number of ether oxygens (including phenoxy) is 1. The van der Waals surface area contributed by atoms with Gasteiger partial charge in [0.15, 0.2) is 0 Å². The van der Waals surface area contributed by atoms with Crippen molar-refractivity contribution in [3.63, 3.8) is 0 Å². The number of carbonyl (C=O) groups excluding carboxylic acids is 2. The third-order valence-corrected chi connectivity index (χ3v) is 8.72. The minimum Gasteiger partial charge on any atom is -0.497 e. The summed E-state index contributed by atoms with van der Waals surface area (Å²) in [5.74, 6) is 0.599. The largest absolute Gasteiger partial charge is 0.497 e. The Balaban J connectivity index is 0.000000167. The van der Waals surface area contributed by atoms with Crippen LogP contribution in [0.25, 0.3) is 44.3 Å². The summed E-state index contributed by atoms with van der Waals surface area (Å²) in [6.45, 7) is 0.405. The molecule has 2 N–H and O–H groups in total. The van der Waals surface area contributed by atoms with Crippen LogP contribution in [-0.4, -0.2) is 38.0 Å². The van der Waals surface area contributed by atoms with E-state index in [0.717, 1.165) is 55.8 Å². The lowest BCUT2D eigenvalue weighted by molar-refractivity contribution is -0.117. The lowest BCUT2D eigenvalue weighted by atomic mass is 10.0. The van der Waals surface area contributed by atoms with Gasteiger partial charge in [-0.25, -0.2) is 9.97 Å². The van der Waals surface area contributed by atoms with Crippen LogP contribution in [0.2, 0.25) is 0 Å². The number of hydrogen-bond donors (Lipinski definition) is 2. The highest BCUT2D eigenvalue weighted by Crippen LogP contribution is 2.26. The first kappa shape index (κ1) is 34.9. The predicted octanol–water partition coefficient (Wildman–Crippen LogP) is 8.56. The Labute approximate surface area is 311 Å². The van der Waals surface area contributed by atoms with E-state index in [1.54, 1.807) is 25.8 Å². The van der Waals surface area contributed by atoms with E-state index in [-0.39, 0.29) is 24.9 Å². The maximum atomic E-state index is 12.5. The van der Waals surface area contributed by atoms with Crippen molar-refractivity contribution in [3.05, 3.63) is 164 Å². The van der Waals surface area contributed by atoms with Crippen LogP contribution in [0.15, 0.2) is 158 Å². The average molecular weight is 710 g/mol. The molecule has 8 aromatic rings. The second-order valence-corrected chi connectivity index (χ2v) is 12.4. The Morgan fingerprint density at radius 3 is 1.59 bits per heavy atom. The number of anilines is 2. The number of nitriles is 1. The normalized spacial score (nSPS) is 10.6. The highest BCUT2D eigenvalue weighted by atomic mass is 16.5. The van der Waals surface area contributed by atoms with Crippen molar-refractivity contribution in [2.24, 2.45) is 0 Å². The van der Waals surface area contributed by atoms with Gasteiger partial charge in [0.25, 0.3) is 0 Å². The number of para-hydroxylation sites is 4. The van der Waals surface area contributed by atoms with Crippen molar-refractivity contribution in [2.45, 2.75) is 13.1 Å². The molecule has 54 heavy (non-hydrogen) atoms. The zero-order valence-electron chi connectivity index (χ0n) is 29.4. The number of nitrogens with zero attached hydrogens (tertiary/aromatic N) is 5. The lowest BCUT2D eigenvalue weighted by Gasteiger charge is -2.09. The molecule has 10 heteroatoms. The fourth-order valence-corrected chi connectivity index (χ4v) is 6.09. The highest BCUT2D eigenvalue weighted by Gasteiger charge is 2.10.